The molecule has 0 saturated carbocycles. The number of rotatable bonds is 8. The van der Waals surface area contributed by atoms with Gasteiger partial charge in [-0.1, -0.05) is 54.1 Å². The van der Waals surface area contributed by atoms with Gasteiger partial charge in [-0.3, -0.25) is 9.59 Å². The van der Waals surface area contributed by atoms with Crippen molar-refractivity contribution >= 4 is 51.6 Å². The maximum atomic E-state index is 13.0. The quantitative estimate of drug-likeness (QED) is 0.174. The molecule has 1 atom stereocenters. The third kappa shape index (κ3) is 6.46. The highest BCUT2D eigenvalue weighted by atomic mass is 32.2. The van der Waals surface area contributed by atoms with Crippen LogP contribution in [-0.2, 0) is 22.4 Å². The van der Waals surface area contributed by atoms with Gasteiger partial charge in [-0.2, -0.15) is 0 Å². The second-order valence-corrected chi connectivity index (χ2v) is 11.9. The predicted molar refractivity (Wildman–Crippen MR) is 162 cm³/mol. The zero-order chi connectivity index (χ0) is 28.1. The molecule has 0 bridgehead atoms. The molecule has 204 valence electrons. The van der Waals surface area contributed by atoms with E-state index in [-0.39, 0.29) is 17.6 Å². The molecule has 1 aliphatic carbocycles. The molecular weight excluding hydrogens is 540 g/mol. The predicted octanol–water partition coefficient (Wildman–Crippen LogP) is 7.10. The Balaban J connectivity index is 1.24. The Bertz CT molecular complexity index is 1530. The molecule has 2 N–H and O–H groups in total. The van der Waals surface area contributed by atoms with E-state index in [0.717, 1.165) is 40.2 Å². The van der Waals surface area contributed by atoms with Gasteiger partial charge in [0.25, 0.3) is 5.91 Å². The Hall–Kier alpha value is -3.88. The molecule has 0 spiro atoms. The molecule has 0 fully saturated rings. The zero-order valence-electron chi connectivity index (χ0n) is 22.4. The highest BCUT2D eigenvalue weighted by molar-refractivity contribution is 8.00. The lowest BCUT2D eigenvalue weighted by molar-refractivity contribution is -0.113. The normalized spacial score (nSPS) is 14.2. The molecule has 2 amide bonds. The second kappa shape index (κ2) is 12.5. The molecular formula is C32H30N2O4S2. The van der Waals surface area contributed by atoms with E-state index in [1.165, 1.54) is 35.8 Å². The molecule has 0 radical (unpaired) electrons. The largest absolute Gasteiger partial charge is 0.465 e. The van der Waals surface area contributed by atoms with Gasteiger partial charge in [-0.15, -0.1) is 23.1 Å². The Labute approximate surface area is 242 Å². The van der Waals surface area contributed by atoms with E-state index < -0.39 is 5.97 Å². The van der Waals surface area contributed by atoms with Crippen LogP contribution in [0.1, 0.15) is 54.6 Å². The molecule has 6 nitrogen and oxygen atoms in total. The van der Waals surface area contributed by atoms with Gasteiger partial charge in [-0.05, 0) is 73.6 Å². The number of carbonyl (C=O) groups excluding carboxylic acids is 3. The first kappa shape index (κ1) is 27.7. The number of thioether (sulfide) groups is 1. The first-order valence-electron chi connectivity index (χ1n) is 13.1. The van der Waals surface area contributed by atoms with E-state index in [2.05, 4.69) is 34.9 Å². The number of anilines is 2. The summed E-state index contributed by atoms with van der Waals surface area (Å²) in [6.07, 6.45) is 2.54. The lowest BCUT2D eigenvalue weighted by atomic mass is 9.83. The summed E-state index contributed by atoms with van der Waals surface area (Å²) in [4.78, 5) is 40.3. The Morgan fingerprint density at radius 1 is 0.975 bits per heavy atom. The number of amides is 2. The zero-order valence-corrected chi connectivity index (χ0v) is 24.0. The van der Waals surface area contributed by atoms with Crippen molar-refractivity contribution in [1.82, 2.24) is 0 Å². The smallest absolute Gasteiger partial charge is 0.341 e. The minimum absolute atomic E-state index is 0.158. The highest BCUT2D eigenvalue weighted by Gasteiger charge is 2.30. The number of thiophene rings is 1. The van der Waals surface area contributed by atoms with Crippen LogP contribution in [0.15, 0.2) is 83.8 Å². The third-order valence-corrected chi connectivity index (χ3v) is 9.12. The number of hydrogen-bond donors (Lipinski definition) is 2. The minimum Gasteiger partial charge on any atom is -0.465 e. The van der Waals surface area contributed by atoms with Crippen molar-refractivity contribution in [2.45, 2.75) is 37.0 Å². The van der Waals surface area contributed by atoms with Crippen LogP contribution in [0, 0.1) is 6.92 Å². The lowest BCUT2D eigenvalue weighted by Crippen LogP contribution is -2.17. The van der Waals surface area contributed by atoms with Crippen LogP contribution in [0.4, 0.5) is 10.7 Å². The molecule has 1 heterocycles. The van der Waals surface area contributed by atoms with Gasteiger partial charge >= 0.3 is 5.97 Å². The van der Waals surface area contributed by atoms with E-state index in [1.54, 1.807) is 12.1 Å². The second-order valence-electron chi connectivity index (χ2n) is 9.73. The number of hydrogen-bond acceptors (Lipinski definition) is 6. The van der Waals surface area contributed by atoms with Crippen molar-refractivity contribution in [1.29, 1.82) is 0 Å². The Morgan fingerprint density at radius 2 is 1.75 bits per heavy atom. The summed E-state index contributed by atoms with van der Waals surface area (Å²) in [5.74, 6) is -0.272. The molecule has 40 heavy (non-hydrogen) atoms. The van der Waals surface area contributed by atoms with Crippen molar-refractivity contribution in [3.05, 3.63) is 112 Å². The summed E-state index contributed by atoms with van der Waals surface area (Å²) in [7, 11) is 1.37. The van der Waals surface area contributed by atoms with Gasteiger partial charge in [0.1, 0.15) is 5.00 Å². The maximum absolute atomic E-state index is 13.0. The van der Waals surface area contributed by atoms with E-state index in [4.69, 9.17) is 4.74 Å². The van der Waals surface area contributed by atoms with Crippen LogP contribution in [0.3, 0.4) is 0 Å². The van der Waals surface area contributed by atoms with Crippen LogP contribution >= 0.6 is 23.1 Å². The summed E-state index contributed by atoms with van der Waals surface area (Å²) in [6, 6.07) is 25.2. The summed E-state index contributed by atoms with van der Waals surface area (Å²) in [5, 5.41) is 6.43. The molecule has 1 aromatic heterocycles. The summed E-state index contributed by atoms with van der Waals surface area (Å²) in [5.41, 5.74) is 5.09. The summed E-state index contributed by atoms with van der Waals surface area (Å²) >= 11 is 2.84. The van der Waals surface area contributed by atoms with Gasteiger partial charge in [0.05, 0.1) is 18.4 Å². The molecule has 4 aromatic rings. The summed E-state index contributed by atoms with van der Waals surface area (Å²) in [6.45, 7) is 1.97. The van der Waals surface area contributed by atoms with E-state index in [9.17, 15) is 14.4 Å². The monoisotopic (exact) mass is 570 g/mol. The number of carbonyl (C=O) groups is 3. The van der Waals surface area contributed by atoms with Crippen LogP contribution in [0.25, 0.3) is 0 Å². The number of benzene rings is 3. The average Bonchev–Trinajstić information content (AvgIpc) is 3.33. The van der Waals surface area contributed by atoms with Gasteiger partial charge in [-0.25, -0.2) is 4.79 Å². The van der Waals surface area contributed by atoms with Crippen LogP contribution in [0.5, 0.6) is 0 Å². The lowest BCUT2D eigenvalue weighted by Gasteiger charge is -2.22. The number of methoxy groups -OCH3 is 1. The van der Waals surface area contributed by atoms with E-state index in [1.807, 2.05) is 49.4 Å². The molecule has 8 heteroatoms. The van der Waals surface area contributed by atoms with Crippen LogP contribution in [-0.4, -0.2) is 30.6 Å². The van der Waals surface area contributed by atoms with Crippen molar-refractivity contribution in [3.8, 4) is 0 Å². The van der Waals surface area contributed by atoms with Crippen LogP contribution < -0.4 is 10.6 Å². The van der Waals surface area contributed by atoms with Crippen molar-refractivity contribution in [2.24, 2.45) is 0 Å². The van der Waals surface area contributed by atoms with Crippen molar-refractivity contribution < 1.29 is 19.1 Å². The maximum Gasteiger partial charge on any atom is 0.341 e. The minimum atomic E-state index is -0.421. The molecule has 3 aromatic carbocycles. The first-order valence-corrected chi connectivity index (χ1v) is 14.9. The first-order chi connectivity index (χ1) is 19.4. The SMILES string of the molecule is COC(=O)c1c(NC(=O)CSc2cccc(NC(=O)c3ccc(C)cc3)c2)sc2c1CCC(c1ccccc1)C2. The number of aryl methyl sites for hydroxylation is 1. The highest BCUT2D eigenvalue weighted by Crippen LogP contribution is 2.42. The number of fused-ring (bicyclic) bond motifs is 1. The van der Waals surface area contributed by atoms with Crippen LogP contribution in [0.2, 0.25) is 0 Å². The molecule has 5 rings (SSSR count). The fourth-order valence-corrected chi connectivity index (χ4v) is 6.97. The van der Waals surface area contributed by atoms with E-state index >= 15 is 0 Å². The fraction of sp³-hybridized carbons (Fsp3) is 0.219. The van der Waals surface area contributed by atoms with Crippen molar-refractivity contribution in [3.63, 3.8) is 0 Å². The topological polar surface area (TPSA) is 84.5 Å². The molecule has 0 aliphatic heterocycles. The standard InChI is InChI=1S/C32H30N2O4S2/c1-20-11-13-22(14-12-20)30(36)33-24-9-6-10-25(18-24)39-19-28(35)34-31-29(32(37)38-2)26-16-15-23(17-27(26)40-31)21-7-4-3-5-8-21/h3-14,18,23H,15-17,19H2,1-2H3,(H,33,36)(H,34,35). The molecule has 1 unspecified atom stereocenters. The van der Waals surface area contributed by atoms with Crippen molar-refractivity contribution in [2.75, 3.05) is 23.5 Å². The summed E-state index contributed by atoms with van der Waals surface area (Å²) < 4.78 is 5.08. The van der Waals surface area contributed by atoms with Gasteiger partial charge < -0.3 is 15.4 Å². The molecule has 0 saturated heterocycles. The number of nitrogens with one attached hydrogen (secondary N) is 2. The average molecular weight is 571 g/mol. The Kier molecular flexibility index (Phi) is 8.67. The van der Waals surface area contributed by atoms with Gasteiger partial charge in [0.15, 0.2) is 0 Å². The Morgan fingerprint density at radius 3 is 2.50 bits per heavy atom. The third-order valence-electron chi connectivity index (χ3n) is 6.95. The number of esters is 1. The van der Waals surface area contributed by atoms with Gasteiger partial charge in [0, 0.05) is 21.0 Å². The molecule has 1 aliphatic rings. The van der Waals surface area contributed by atoms with E-state index in [0.29, 0.717) is 27.7 Å². The number of ether oxygens (including phenoxy) is 1. The van der Waals surface area contributed by atoms with Gasteiger partial charge in [0.2, 0.25) is 5.91 Å². The fourth-order valence-electron chi connectivity index (χ4n) is 4.89.